The fourth-order valence-corrected chi connectivity index (χ4v) is 5.14. The van der Waals surface area contributed by atoms with Crippen molar-refractivity contribution >= 4 is 13.9 Å². The predicted molar refractivity (Wildman–Crippen MR) is 102 cm³/mol. The van der Waals surface area contributed by atoms with E-state index in [1.807, 2.05) is 13.8 Å². The summed E-state index contributed by atoms with van der Waals surface area (Å²) < 4.78 is 40.8. The van der Waals surface area contributed by atoms with E-state index in [0.717, 1.165) is 31.2 Å². The lowest BCUT2D eigenvalue weighted by atomic mass is 10.1. The van der Waals surface area contributed by atoms with Gasteiger partial charge in [-0.05, 0) is 44.9 Å². The largest absolute Gasteiger partial charge is 0.416 e. The van der Waals surface area contributed by atoms with Crippen molar-refractivity contribution in [2.24, 2.45) is 5.92 Å². The summed E-state index contributed by atoms with van der Waals surface area (Å²) in [5, 5.41) is 8.44. The first kappa shape index (κ1) is 22.0. The topological polar surface area (TPSA) is 27.1 Å². The zero-order valence-corrected chi connectivity index (χ0v) is 16.6. The number of alkyl halides is 3. The average Bonchev–Trinajstić information content (AvgIpc) is 2.56. The van der Waals surface area contributed by atoms with Gasteiger partial charge in [0.2, 0.25) is 0 Å². The summed E-state index contributed by atoms with van der Waals surface area (Å²) in [6.45, 7) is 8.92. The van der Waals surface area contributed by atoms with Crippen LogP contribution in [0.1, 0.15) is 51.7 Å². The second-order valence-corrected chi connectivity index (χ2v) is 9.09. The second-order valence-electron chi connectivity index (χ2n) is 6.51. The maximum Gasteiger partial charge on any atom is 0.416 e. The van der Waals surface area contributed by atoms with Crippen molar-refractivity contribution in [3.63, 3.8) is 0 Å². The van der Waals surface area contributed by atoms with Gasteiger partial charge in [-0.25, -0.2) is 0 Å². The molecule has 0 aromatic heterocycles. The highest BCUT2D eigenvalue weighted by Gasteiger charge is 2.30. The molecule has 1 unspecified atom stereocenters. The molecule has 1 aromatic carbocycles. The number of hydrogen-bond acceptors (Lipinski definition) is 1. The molecule has 0 bridgehead atoms. The van der Waals surface area contributed by atoms with Gasteiger partial charge in [0.15, 0.2) is 0 Å². The Balaban J connectivity index is 2.89. The molecule has 0 spiro atoms. The molecule has 142 valence electrons. The van der Waals surface area contributed by atoms with Crippen LogP contribution < -0.4 is 0 Å². The number of amidine groups is 1. The number of nitrogens with one attached hydrogen (secondary N) is 1. The summed E-state index contributed by atoms with van der Waals surface area (Å²) in [5.74, 6) is 0.732. The van der Waals surface area contributed by atoms with Crippen molar-refractivity contribution in [2.45, 2.75) is 53.1 Å². The molecule has 1 N–H and O–H groups in total. The number of unbranched alkanes of at least 4 members (excludes halogenated alkanes) is 1. The minimum absolute atomic E-state index is 0.125. The molecule has 0 aliphatic carbocycles. The molecule has 0 fully saturated rings. The van der Waals surface area contributed by atoms with E-state index in [9.17, 15) is 13.2 Å². The van der Waals surface area contributed by atoms with Crippen LogP contribution in [0.15, 0.2) is 24.3 Å². The predicted octanol–water partition coefficient (Wildman–Crippen LogP) is 6.40. The van der Waals surface area contributed by atoms with Gasteiger partial charge in [0.05, 0.1) is 5.56 Å². The van der Waals surface area contributed by atoms with Crippen LogP contribution >= 0.6 is 8.07 Å². The molecule has 25 heavy (non-hydrogen) atoms. The molecule has 0 amide bonds. The van der Waals surface area contributed by atoms with Crippen molar-refractivity contribution < 1.29 is 13.2 Å². The lowest BCUT2D eigenvalue weighted by molar-refractivity contribution is -0.137. The summed E-state index contributed by atoms with van der Waals surface area (Å²) >= 11 is 0. The number of benzene rings is 1. The Labute approximate surface area is 151 Å². The van der Waals surface area contributed by atoms with Crippen LogP contribution in [0, 0.1) is 11.3 Å². The lowest BCUT2D eigenvalue weighted by Crippen LogP contribution is -2.32. The van der Waals surface area contributed by atoms with Gasteiger partial charge in [-0.3, -0.25) is 5.41 Å². The fourth-order valence-electron chi connectivity index (χ4n) is 2.64. The molecule has 0 aliphatic heterocycles. The molecule has 0 aliphatic rings. The van der Waals surface area contributed by atoms with Gasteiger partial charge in [-0.15, -0.1) is 0 Å². The van der Waals surface area contributed by atoms with Gasteiger partial charge in [0.25, 0.3) is 0 Å². The Bertz CT molecular complexity index is 544. The van der Waals surface area contributed by atoms with Gasteiger partial charge in [-0.1, -0.05) is 52.3 Å². The van der Waals surface area contributed by atoms with Gasteiger partial charge < -0.3 is 4.67 Å². The molecular weight excluding hydrogens is 344 g/mol. The molecule has 1 aromatic rings. The summed E-state index contributed by atoms with van der Waals surface area (Å²) in [6.07, 6.45) is 0.564. The van der Waals surface area contributed by atoms with E-state index in [1.54, 1.807) is 6.07 Å². The minimum Gasteiger partial charge on any atom is -0.339 e. The molecule has 2 nitrogen and oxygen atoms in total. The van der Waals surface area contributed by atoms with E-state index in [0.29, 0.717) is 24.4 Å². The van der Waals surface area contributed by atoms with E-state index in [1.165, 1.54) is 12.1 Å². The van der Waals surface area contributed by atoms with E-state index in [4.69, 9.17) is 5.41 Å². The van der Waals surface area contributed by atoms with Gasteiger partial charge >= 0.3 is 6.18 Å². The average molecular weight is 374 g/mol. The Morgan fingerprint density at radius 3 is 2.44 bits per heavy atom. The van der Waals surface area contributed by atoms with Gasteiger partial charge in [-0.2, -0.15) is 13.2 Å². The monoisotopic (exact) mass is 374 g/mol. The maximum atomic E-state index is 12.9. The number of rotatable bonds is 9. The second kappa shape index (κ2) is 10.2. The van der Waals surface area contributed by atoms with Gasteiger partial charge in [0.1, 0.15) is 5.84 Å². The van der Waals surface area contributed by atoms with Crippen molar-refractivity contribution in [3.05, 3.63) is 35.4 Å². The van der Waals surface area contributed by atoms with Crippen LogP contribution in [-0.4, -0.2) is 29.4 Å². The number of halogens is 3. The molecule has 0 saturated carbocycles. The zero-order chi connectivity index (χ0) is 19.0. The molecule has 0 heterocycles. The summed E-state index contributed by atoms with van der Waals surface area (Å²) in [7, 11) is -0.440. The van der Waals surface area contributed by atoms with Crippen molar-refractivity contribution in [3.8, 4) is 0 Å². The lowest BCUT2D eigenvalue weighted by Gasteiger charge is -2.35. The molecule has 6 heteroatoms. The molecule has 1 rings (SSSR count). The highest BCUT2D eigenvalue weighted by molar-refractivity contribution is 7.55. The number of hydrogen-bond donors (Lipinski definition) is 1. The highest BCUT2D eigenvalue weighted by atomic mass is 31.1. The highest BCUT2D eigenvalue weighted by Crippen LogP contribution is 2.42. The maximum absolute atomic E-state index is 12.9. The summed E-state index contributed by atoms with van der Waals surface area (Å²) in [6, 6.07) is 5.55. The SMILES string of the molecule is CCCCP(CC)N(CCc1cccc(C(F)(F)F)c1)C(=N)C(C)C. The summed E-state index contributed by atoms with van der Waals surface area (Å²) in [4.78, 5) is 0. The van der Waals surface area contributed by atoms with Crippen LogP contribution in [0.2, 0.25) is 0 Å². The first-order valence-electron chi connectivity index (χ1n) is 8.97. The fraction of sp³-hybridized carbons (Fsp3) is 0.632. The smallest absolute Gasteiger partial charge is 0.339 e. The van der Waals surface area contributed by atoms with Crippen molar-refractivity contribution in [2.75, 3.05) is 18.9 Å². The normalized spacial score (nSPS) is 13.1. The Morgan fingerprint density at radius 1 is 1.24 bits per heavy atom. The quantitative estimate of drug-likeness (QED) is 0.302. The number of nitrogens with zero attached hydrogens (tertiary/aromatic N) is 1. The van der Waals surface area contributed by atoms with Crippen molar-refractivity contribution in [1.82, 2.24) is 4.67 Å². The first-order chi connectivity index (χ1) is 11.7. The van der Waals surface area contributed by atoms with Crippen LogP contribution in [0.3, 0.4) is 0 Å². The third kappa shape index (κ3) is 6.97. The zero-order valence-electron chi connectivity index (χ0n) is 15.7. The Morgan fingerprint density at radius 2 is 1.92 bits per heavy atom. The minimum atomic E-state index is -4.31. The third-order valence-electron chi connectivity index (χ3n) is 4.17. The van der Waals surface area contributed by atoms with Gasteiger partial charge in [0, 0.05) is 12.5 Å². The molecular formula is C19H30F3N2P. The summed E-state index contributed by atoms with van der Waals surface area (Å²) in [5.41, 5.74) is 0.0807. The standard InChI is InChI=1S/C19H30F3N2P/c1-5-7-13-25(6-2)24(18(23)15(3)4)12-11-16-9-8-10-17(14-16)19(20,21)22/h8-10,14-15,23H,5-7,11-13H2,1-4H3. The third-order valence-corrected chi connectivity index (χ3v) is 6.83. The van der Waals surface area contributed by atoms with Crippen LogP contribution in [-0.2, 0) is 12.6 Å². The van der Waals surface area contributed by atoms with Crippen molar-refractivity contribution in [1.29, 1.82) is 5.41 Å². The Hall–Kier alpha value is -1.09. The van der Waals surface area contributed by atoms with E-state index >= 15 is 0 Å². The van der Waals surface area contributed by atoms with Crippen LogP contribution in [0.4, 0.5) is 13.2 Å². The van der Waals surface area contributed by atoms with E-state index < -0.39 is 19.8 Å². The van der Waals surface area contributed by atoms with Crippen LogP contribution in [0.25, 0.3) is 0 Å². The molecule has 0 radical (unpaired) electrons. The Kier molecular flexibility index (Phi) is 8.92. The van der Waals surface area contributed by atoms with E-state index in [-0.39, 0.29) is 5.92 Å². The first-order valence-corrected chi connectivity index (χ1v) is 10.6. The van der Waals surface area contributed by atoms with E-state index in [2.05, 4.69) is 18.5 Å². The molecule has 0 saturated heterocycles. The molecule has 1 atom stereocenters. The van der Waals surface area contributed by atoms with Crippen LogP contribution in [0.5, 0.6) is 0 Å².